The van der Waals surface area contributed by atoms with Crippen molar-refractivity contribution in [3.63, 3.8) is 0 Å². The highest BCUT2D eigenvalue weighted by molar-refractivity contribution is 6.18. The molecule has 1 unspecified atom stereocenters. The fourth-order valence-electron chi connectivity index (χ4n) is 0.617. The summed E-state index contributed by atoms with van der Waals surface area (Å²) in [5.41, 5.74) is -2.50. The molecule has 0 fully saturated rings. The van der Waals surface area contributed by atoms with E-state index in [0.717, 1.165) is 14.0 Å². The third-order valence-corrected chi connectivity index (χ3v) is 2.32. The van der Waals surface area contributed by atoms with Crippen molar-refractivity contribution in [2.75, 3.05) is 13.0 Å². The van der Waals surface area contributed by atoms with E-state index in [2.05, 4.69) is 4.74 Å². The molecule has 0 N–H and O–H groups in total. The Morgan fingerprint density at radius 3 is 1.93 bits per heavy atom. The van der Waals surface area contributed by atoms with E-state index in [1.807, 2.05) is 0 Å². The van der Waals surface area contributed by atoms with E-state index in [-0.39, 0.29) is 0 Å². The minimum Gasteiger partial charge on any atom is -0.370 e. The Bertz CT molecular complexity index is 232. The maximum Gasteiger partial charge on any atom is 0.333 e. The van der Waals surface area contributed by atoms with Crippen LogP contribution in [0.15, 0.2) is 11.9 Å². The van der Waals surface area contributed by atoms with Gasteiger partial charge in [-0.25, -0.2) is 0 Å². The lowest BCUT2D eigenvalue weighted by atomic mass is 9.99. The van der Waals surface area contributed by atoms with Crippen LogP contribution in [-0.4, -0.2) is 24.5 Å². The average molecular weight is 239 g/mol. The molecule has 0 aromatic heterocycles. The highest BCUT2D eigenvalue weighted by Crippen LogP contribution is 2.41. The summed E-state index contributed by atoms with van der Waals surface area (Å²) in [5, 5.41) is 0. The van der Waals surface area contributed by atoms with Crippen LogP contribution in [0, 0.1) is 0 Å². The van der Waals surface area contributed by atoms with Crippen LogP contribution in [0.2, 0.25) is 0 Å². The number of hydrogen-bond donors (Lipinski definition) is 0. The quantitative estimate of drug-likeness (QED) is 0.539. The number of hydrogen-bond acceptors (Lipinski definition) is 1. The second-order valence-corrected chi connectivity index (χ2v) is 2.98. The molecule has 0 aromatic rings. The fourth-order valence-corrected chi connectivity index (χ4v) is 0.894. The van der Waals surface area contributed by atoms with Crippen LogP contribution in [0.5, 0.6) is 0 Å². The van der Waals surface area contributed by atoms with E-state index in [1.165, 1.54) is 0 Å². The monoisotopic (exact) mass is 238 g/mol. The first kappa shape index (κ1) is 13.6. The van der Waals surface area contributed by atoms with Gasteiger partial charge in [0.05, 0.1) is 5.88 Å². The molecule has 0 heterocycles. The summed E-state index contributed by atoms with van der Waals surface area (Å²) >= 11 is 5.10. The molecule has 0 aliphatic carbocycles. The van der Waals surface area contributed by atoms with E-state index >= 15 is 0 Å². The van der Waals surface area contributed by atoms with Crippen molar-refractivity contribution in [2.45, 2.75) is 18.4 Å². The zero-order valence-electron chi connectivity index (χ0n) is 7.38. The van der Waals surface area contributed by atoms with E-state index in [1.54, 1.807) is 0 Å². The van der Waals surface area contributed by atoms with Gasteiger partial charge in [-0.2, -0.15) is 22.0 Å². The molecule has 0 aliphatic heterocycles. The number of ether oxygens (including phenoxy) is 1. The third-order valence-electron chi connectivity index (χ3n) is 1.81. The molecule has 14 heavy (non-hydrogen) atoms. The average Bonchev–Trinajstić information content (AvgIpc) is 2.14. The second-order valence-electron chi connectivity index (χ2n) is 2.72. The molecule has 1 atom stereocenters. The largest absolute Gasteiger partial charge is 0.370 e. The first-order chi connectivity index (χ1) is 6.23. The summed E-state index contributed by atoms with van der Waals surface area (Å²) in [5.74, 6) is -8.10. The normalized spacial score (nSPS) is 16.3. The summed E-state index contributed by atoms with van der Waals surface area (Å²) in [6.45, 7) is 0.739. The lowest BCUT2D eigenvalue weighted by Gasteiger charge is -2.32. The maximum absolute atomic E-state index is 13.0. The lowest BCUT2D eigenvalue weighted by Crippen LogP contribution is -2.49. The Balaban J connectivity index is 5.23. The Hall–Kier alpha value is -0.360. The van der Waals surface area contributed by atoms with Crippen molar-refractivity contribution in [1.82, 2.24) is 0 Å². The molecule has 0 amide bonds. The number of rotatable bonds is 4. The third kappa shape index (κ3) is 2.17. The molecule has 0 rings (SSSR count). The molecule has 0 spiro atoms. The molecule has 0 bridgehead atoms. The highest BCUT2D eigenvalue weighted by Gasteiger charge is 2.56. The Kier molecular flexibility index (Phi) is 4.33. The van der Waals surface area contributed by atoms with Gasteiger partial charge in [-0.3, -0.25) is 0 Å². The van der Waals surface area contributed by atoms with Gasteiger partial charge >= 0.3 is 12.0 Å². The molecule has 0 saturated carbocycles. The van der Waals surface area contributed by atoms with Crippen LogP contribution in [0.1, 0.15) is 6.92 Å². The summed E-state index contributed by atoms with van der Waals surface area (Å²) < 4.78 is 65.9. The van der Waals surface area contributed by atoms with Crippen molar-refractivity contribution >= 4 is 11.6 Å². The van der Waals surface area contributed by atoms with Crippen LogP contribution in [0.3, 0.4) is 0 Å². The van der Waals surface area contributed by atoms with Gasteiger partial charge in [-0.15, -0.1) is 11.6 Å². The van der Waals surface area contributed by atoms with Crippen LogP contribution in [0.4, 0.5) is 22.0 Å². The zero-order valence-corrected chi connectivity index (χ0v) is 8.14. The zero-order chi connectivity index (χ0) is 11.6. The molecule has 0 radical (unpaired) electrons. The number of halogens is 6. The van der Waals surface area contributed by atoms with Crippen LogP contribution >= 0.6 is 11.6 Å². The van der Waals surface area contributed by atoms with Crippen LogP contribution in [-0.2, 0) is 4.74 Å². The first-order valence-electron chi connectivity index (χ1n) is 3.43. The fraction of sp³-hybridized carbons (Fsp3) is 0.714. The summed E-state index contributed by atoms with van der Waals surface area (Å²) in [6, 6.07) is 0. The van der Waals surface area contributed by atoms with Gasteiger partial charge in [0.15, 0.2) is 0 Å². The molecular formula is C7H8ClF5O. The minimum absolute atomic E-state index is 0.739. The van der Waals surface area contributed by atoms with Gasteiger partial charge in [0.25, 0.3) is 0 Å². The van der Waals surface area contributed by atoms with Crippen molar-refractivity contribution in [1.29, 1.82) is 0 Å². The van der Waals surface area contributed by atoms with Crippen molar-refractivity contribution in [2.24, 2.45) is 0 Å². The summed E-state index contributed by atoms with van der Waals surface area (Å²) in [4.78, 5) is 0. The topological polar surface area (TPSA) is 9.23 Å². The van der Waals surface area contributed by atoms with Crippen molar-refractivity contribution in [3.05, 3.63) is 11.9 Å². The van der Waals surface area contributed by atoms with E-state index in [4.69, 9.17) is 11.6 Å². The SMILES string of the molecule is COC(C)(CCl)C(F)(F)C(F)=C(F)F. The highest BCUT2D eigenvalue weighted by atomic mass is 35.5. The number of methoxy groups -OCH3 is 1. The smallest absolute Gasteiger partial charge is 0.333 e. The van der Waals surface area contributed by atoms with Crippen LogP contribution < -0.4 is 0 Å². The molecule has 84 valence electrons. The van der Waals surface area contributed by atoms with Gasteiger partial charge in [-0.05, 0) is 6.92 Å². The Morgan fingerprint density at radius 1 is 1.29 bits per heavy atom. The molecule has 1 nitrogen and oxygen atoms in total. The lowest BCUT2D eigenvalue weighted by molar-refractivity contribution is -0.164. The maximum atomic E-state index is 13.0. The van der Waals surface area contributed by atoms with E-state index in [0.29, 0.717) is 0 Å². The molecule has 7 heteroatoms. The first-order valence-corrected chi connectivity index (χ1v) is 3.96. The molecule has 0 saturated heterocycles. The van der Waals surface area contributed by atoms with Crippen LogP contribution in [0.25, 0.3) is 0 Å². The summed E-state index contributed by atoms with van der Waals surface area (Å²) in [6.07, 6.45) is -3.08. The van der Waals surface area contributed by atoms with Gasteiger partial charge in [-0.1, -0.05) is 0 Å². The van der Waals surface area contributed by atoms with E-state index in [9.17, 15) is 22.0 Å². The second kappa shape index (κ2) is 4.44. The Labute approximate surface area is 82.5 Å². The molecule has 0 aromatic carbocycles. The van der Waals surface area contributed by atoms with Gasteiger partial charge in [0.2, 0.25) is 5.83 Å². The standard InChI is InChI=1S/C7H8ClF5O/c1-6(3-8,14-2)7(12,13)4(9)5(10)11/h3H2,1-2H3. The minimum atomic E-state index is -4.46. The van der Waals surface area contributed by atoms with Gasteiger partial charge in [0, 0.05) is 7.11 Å². The Morgan fingerprint density at radius 2 is 1.71 bits per heavy atom. The summed E-state index contributed by atoms with van der Waals surface area (Å²) in [7, 11) is 0.833. The van der Waals surface area contributed by atoms with Crippen molar-refractivity contribution in [3.8, 4) is 0 Å². The predicted octanol–water partition coefficient (Wildman–Crippen LogP) is 3.34. The molecule has 0 aliphatic rings. The van der Waals surface area contributed by atoms with E-state index < -0.39 is 29.3 Å². The van der Waals surface area contributed by atoms with Gasteiger partial charge < -0.3 is 4.74 Å². The van der Waals surface area contributed by atoms with Gasteiger partial charge in [0.1, 0.15) is 5.60 Å². The number of alkyl halides is 3. The van der Waals surface area contributed by atoms with Crippen molar-refractivity contribution < 1.29 is 26.7 Å². The predicted molar refractivity (Wildman–Crippen MR) is 41.4 cm³/mol. The molecular weight excluding hydrogens is 231 g/mol.